The van der Waals surface area contributed by atoms with Crippen molar-refractivity contribution in [3.63, 3.8) is 0 Å². The van der Waals surface area contributed by atoms with Gasteiger partial charge >= 0.3 is 5.97 Å². The van der Waals surface area contributed by atoms with Gasteiger partial charge in [-0.2, -0.15) is 0 Å². The number of fused-ring (bicyclic) bond motifs is 2. The highest BCUT2D eigenvalue weighted by Gasteiger charge is 2.55. The molecule has 0 bridgehead atoms. The van der Waals surface area contributed by atoms with Crippen LogP contribution < -0.4 is 0 Å². The summed E-state index contributed by atoms with van der Waals surface area (Å²) in [6.07, 6.45) is 5.56. The van der Waals surface area contributed by atoms with E-state index in [0.717, 1.165) is 24.8 Å². The van der Waals surface area contributed by atoms with Crippen LogP contribution in [0.1, 0.15) is 51.5 Å². The number of hydrogen-bond donors (Lipinski definition) is 1. The fraction of sp³-hybridized carbons (Fsp3) is 0.640. The molecule has 4 rings (SSSR count). The molecule has 3 aliphatic rings. The first-order valence-electron chi connectivity index (χ1n) is 11.0. The van der Waals surface area contributed by atoms with Crippen LogP contribution in [0.2, 0.25) is 0 Å². The van der Waals surface area contributed by atoms with Gasteiger partial charge in [-0.3, -0.25) is 4.79 Å². The van der Waals surface area contributed by atoms with Gasteiger partial charge in [-0.15, -0.1) is 0 Å². The number of aliphatic hydroxyl groups is 1. The van der Waals surface area contributed by atoms with Crippen molar-refractivity contribution < 1.29 is 14.6 Å². The van der Waals surface area contributed by atoms with Crippen molar-refractivity contribution in [2.75, 3.05) is 20.1 Å². The zero-order valence-corrected chi connectivity index (χ0v) is 18.1. The Bertz CT molecular complexity index is 774. The van der Waals surface area contributed by atoms with E-state index in [0.29, 0.717) is 19.0 Å². The molecule has 0 radical (unpaired) electrons. The number of esters is 1. The highest BCUT2D eigenvalue weighted by molar-refractivity contribution is 5.75. The van der Waals surface area contributed by atoms with Crippen LogP contribution in [0.15, 0.2) is 42.5 Å². The largest absolute Gasteiger partial charge is 0.462 e. The van der Waals surface area contributed by atoms with E-state index < -0.39 is 5.60 Å². The Balaban J connectivity index is 1.45. The zero-order chi connectivity index (χ0) is 20.8. The maximum absolute atomic E-state index is 12.8. The third kappa shape index (κ3) is 3.89. The van der Waals surface area contributed by atoms with Crippen LogP contribution in [0.3, 0.4) is 0 Å². The third-order valence-corrected chi connectivity index (χ3v) is 7.80. The third-order valence-electron chi connectivity index (χ3n) is 7.80. The molecule has 4 nitrogen and oxygen atoms in total. The molecule has 3 fully saturated rings. The van der Waals surface area contributed by atoms with E-state index in [4.69, 9.17) is 4.74 Å². The Morgan fingerprint density at radius 1 is 1.34 bits per heavy atom. The van der Waals surface area contributed by atoms with Crippen LogP contribution >= 0.6 is 0 Å². The summed E-state index contributed by atoms with van der Waals surface area (Å²) < 4.78 is 5.89. The SMILES string of the molecule is C=C1CCC[C@@]2(C)C[C@H]3OC(=O)[C@@H](CN(C)C[C@@](C)(O)c4ccccc4)[C@@H]3C[C@H]12. The Kier molecular flexibility index (Phi) is 5.37. The summed E-state index contributed by atoms with van der Waals surface area (Å²) in [5, 5.41) is 11.0. The molecule has 0 spiro atoms. The van der Waals surface area contributed by atoms with Crippen LogP contribution in [-0.4, -0.2) is 42.2 Å². The van der Waals surface area contributed by atoms with Gasteiger partial charge in [0.25, 0.3) is 0 Å². The van der Waals surface area contributed by atoms with E-state index >= 15 is 0 Å². The Morgan fingerprint density at radius 2 is 2.07 bits per heavy atom. The molecular formula is C25H35NO3. The molecule has 1 aromatic carbocycles. The minimum absolute atomic E-state index is 0.0442. The van der Waals surface area contributed by atoms with Gasteiger partial charge in [0.1, 0.15) is 6.10 Å². The molecule has 6 atom stereocenters. The van der Waals surface area contributed by atoms with Crippen LogP contribution in [0, 0.1) is 23.2 Å². The minimum atomic E-state index is -0.958. The number of benzene rings is 1. The van der Waals surface area contributed by atoms with Gasteiger partial charge in [-0.25, -0.2) is 0 Å². The van der Waals surface area contributed by atoms with Crippen LogP contribution in [0.4, 0.5) is 0 Å². The average Bonchev–Trinajstić information content (AvgIpc) is 2.94. The first-order valence-corrected chi connectivity index (χ1v) is 11.0. The van der Waals surface area contributed by atoms with Crippen molar-refractivity contribution in [2.45, 2.75) is 57.7 Å². The fourth-order valence-electron chi connectivity index (χ4n) is 6.28. The van der Waals surface area contributed by atoms with Crippen LogP contribution in [0.25, 0.3) is 0 Å². The van der Waals surface area contributed by atoms with E-state index in [2.05, 4.69) is 18.4 Å². The summed E-state index contributed by atoms with van der Waals surface area (Å²) in [5.41, 5.74) is 1.54. The summed E-state index contributed by atoms with van der Waals surface area (Å²) >= 11 is 0. The molecule has 0 unspecified atom stereocenters. The van der Waals surface area contributed by atoms with E-state index in [-0.39, 0.29) is 29.3 Å². The van der Waals surface area contributed by atoms with E-state index in [1.54, 1.807) is 0 Å². The van der Waals surface area contributed by atoms with Crippen molar-refractivity contribution >= 4 is 5.97 Å². The molecule has 2 saturated carbocycles. The van der Waals surface area contributed by atoms with Crippen molar-refractivity contribution in [1.29, 1.82) is 0 Å². The Hall–Kier alpha value is -1.65. The summed E-state index contributed by atoms with van der Waals surface area (Å²) in [4.78, 5) is 14.9. The van der Waals surface area contributed by atoms with Crippen LogP contribution in [0.5, 0.6) is 0 Å². The van der Waals surface area contributed by atoms with Gasteiger partial charge in [-0.05, 0) is 63.0 Å². The van der Waals surface area contributed by atoms with Crippen molar-refractivity contribution in [3.05, 3.63) is 48.0 Å². The molecule has 0 amide bonds. The predicted octanol–water partition coefficient (Wildman–Crippen LogP) is 4.14. The number of carbonyl (C=O) groups is 1. The molecule has 1 aromatic rings. The fourth-order valence-corrected chi connectivity index (χ4v) is 6.28. The first-order chi connectivity index (χ1) is 13.7. The van der Waals surface area contributed by atoms with Gasteiger partial charge in [0.2, 0.25) is 0 Å². The Labute approximate surface area is 174 Å². The van der Waals surface area contributed by atoms with Crippen molar-refractivity contribution in [2.24, 2.45) is 23.2 Å². The normalized spacial score (nSPS) is 36.3. The van der Waals surface area contributed by atoms with Gasteiger partial charge in [-0.1, -0.05) is 49.4 Å². The van der Waals surface area contributed by atoms with Gasteiger partial charge in [0.05, 0.1) is 11.5 Å². The second-order valence-electron chi connectivity index (χ2n) is 10.2. The smallest absolute Gasteiger partial charge is 0.310 e. The summed E-state index contributed by atoms with van der Waals surface area (Å²) in [6.45, 7) is 9.68. The molecule has 1 saturated heterocycles. The highest BCUT2D eigenvalue weighted by Crippen LogP contribution is 2.56. The molecular weight excluding hydrogens is 362 g/mol. The van der Waals surface area contributed by atoms with E-state index in [1.165, 1.54) is 18.4 Å². The van der Waals surface area contributed by atoms with Crippen LogP contribution in [-0.2, 0) is 15.1 Å². The molecule has 1 aliphatic heterocycles. The lowest BCUT2D eigenvalue weighted by atomic mass is 9.55. The first kappa shape index (κ1) is 20.6. The number of allylic oxidation sites excluding steroid dienone is 1. The number of likely N-dealkylation sites (N-methyl/N-ethyl adjacent to an activating group) is 1. The lowest BCUT2D eigenvalue weighted by Crippen LogP contribution is -2.46. The van der Waals surface area contributed by atoms with Crippen molar-refractivity contribution in [3.8, 4) is 0 Å². The maximum Gasteiger partial charge on any atom is 0.310 e. The molecule has 0 aromatic heterocycles. The molecule has 29 heavy (non-hydrogen) atoms. The Morgan fingerprint density at radius 3 is 2.79 bits per heavy atom. The topological polar surface area (TPSA) is 49.8 Å². The quantitative estimate of drug-likeness (QED) is 0.599. The van der Waals surface area contributed by atoms with E-state index in [9.17, 15) is 9.90 Å². The molecule has 1 heterocycles. The summed E-state index contributed by atoms with van der Waals surface area (Å²) in [5.74, 6) is 0.599. The van der Waals surface area contributed by atoms with Gasteiger partial charge in [0.15, 0.2) is 0 Å². The van der Waals surface area contributed by atoms with Gasteiger partial charge < -0.3 is 14.7 Å². The number of nitrogens with zero attached hydrogens (tertiary/aromatic N) is 1. The standard InChI is InChI=1S/C25H35NO3/c1-17-9-8-12-24(2)14-22-19(13-21(17)24)20(23(27)29-22)15-26(4)16-25(3,28)18-10-6-5-7-11-18/h5-7,10-11,19-22,28H,1,8-9,12-16H2,2-4H3/t19-,20-,21+,22+,24-,25+/m0/s1. The molecule has 1 N–H and O–H groups in total. The maximum atomic E-state index is 12.8. The molecule has 158 valence electrons. The zero-order valence-electron chi connectivity index (χ0n) is 18.1. The number of hydrogen-bond acceptors (Lipinski definition) is 4. The lowest BCUT2D eigenvalue weighted by Gasteiger charge is -2.50. The monoisotopic (exact) mass is 397 g/mol. The number of carbonyl (C=O) groups excluding carboxylic acids is 1. The summed E-state index contributed by atoms with van der Waals surface area (Å²) in [7, 11) is 1.99. The number of rotatable bonds is 5. The van der Waals surface area contributed by atoms with Gasteiger partial charge in [0, 0.05) is 19.0 Å². The minimum Gasteiger partial charge on any atom is -0.462 e. The van der Waals surface area contributed by atoms with E-state index in [1.807, 2.05) is 44.3 Å². The number of ether oxygens (including phenoxy) is 1. The average molecular weight is 398 g/mol. The molecule has 4 heteroatoms. The second kappa shape index (κ2) is 7.55. The molecule has 2 aliphatic carbocycles. The summed E-state index contributed by atoms with van der Waals surface area (Å²) in [6, 6.07) is 9.74. The van der Waals surface area contributed by atoms with Crippen molar-refractivity contribution in [1.82, 2.24) is 4.90 Å². The lowest BCUT2D eigenvalue weighted by molar-refractivity contribution is -0.146. The highest BCUT2D eigenvalue weighted by atomic mass is 16.6. The second-order valence-corrected chi connectivity index (χ2v) is 10.2. The predicted molar refractivity (Wildman–Crippen MR) is 114 cm³/mol.